The van der Waals surface area contributed by atoms with Crippen LogP contribution in [0.25, 0.3) is 0 Å². The number of aryl methyl sites for hydroxylation is 2. The van der Waals surface area contributed by atoms with Crippen LogP contribution in [0.15, 0.2) is 36.5 Å². The maximum atomic E-state index is 12.2. The van der Waals surface area contributed by atoms with Crippen LogP contribution < -0.4 is 5.32 Å². The van der Waals surface area contributed by atoms with E-state index in [0.29, 0.717) is 10.7 Å². The fourth-order valence-electron chi connectivity index (χ4n) is 2.90. The molecule has 1 aromatic carbocycles. The molecular formula is C18H19ClN2O. The Hall–Kier alpha value is -1.87. The Labute approximate surface area is 135 Å². The van der Waals surface area contributed by atoms with E-state index in [4.69, 9.17) is 11.6 Å². The zero-order valence-corrected chi connectivity index (χ0v) is 13.4. The highest BCUT2D eigenvalue weighted by atomic mass is 35.5. The number of aromatic nitrogens is 1. The summed E-state index contributed by atoms with van der Waals surface area (Å²) < 4.78 is 0. The van der Waals surface area contributed by atoms with Crippen LogP contribution in [0, 0.1) is 0 Å². The number of amides is 1. The van der Waals surface area contributed by atoms with Gasteiger partial charge in [0, 0.05) is 6.20 Å². The molecule has 3 nitrogen and oxygen atoms in total. The summed E-state index contributed by atoms with van der Waals surface area (Å²) in [6.45, 7) is 2.01. The monoisotopic (exact) mass is 314 g/mol. The molecule has 0 radical (unpaired) electrons. The average molecular weight is 315 g/mol. The number of hydrogen-bond acceptors (Lipinski definition) is 2. The Morgan fingerprint density at radius 2 is 1.95 bits per heavy atom. The van der Waals surface area contributed by atoms with Crippen molar-refractivity contribution in [1.82, 2.24) is 10.3 Å². The second-order valence-corrected chi connectivity index (χ2v) is 6.19. The minimum absolute atomic E-state index is 0.0320. The fourth-order valence-corrected chi connectivity index (χ4v) is 3.01. The third-order valence-corrected chi connectivity index (χ3v) is 4.43. The zero-order chi connectivity index (χ0) is 15.5. The topological polar surface area (TPSA) is 42.0 Å². The van der Waals surface area contributed by atoms with Gasteiger partial charge in [0.05, 0.1) is 11.6 Å². The van der Waals surface area contributed by atoms with Gasteiger partial charge in [-0.25, -0.2) is 4.98 Å². The molecule has 0 saturated carbocycles. The number of nitrogens with one attached hydrogen (secondary N) is 1. The second kappa shape index (κ2) is 6.49. The van der Waals surface area contributed by atoms with Gasteiger partial charge in [-0.3, -0.25) is 4.79 Å². The van der Waals surface area contributed by atoms with Crippen molar-refractivity contribution in [1.29, 1.82) is 0 Å². The first-order valence-electron chi connectivity index (χ1n) is 7.67. The van der Waals surface area contributed by atoms with Crippen molar-refractivity contribution in [2.75, 3.05) is 0 Å². The number of fused-ring (bicyclic) bond motifs is 1. The molecule has 0 aliphatic heterocycles. The molecule has 2 aromatic rings. The van der Waals surface area contributed by atoms with E-state index in [0.717, 1.165) is 12.0 Å². The number of halogens is 1. The summed E-state index contributed by atoms with van der Waals surface area (Å²) in [7, 11) is 0. The van der Waals surface area contributed by atoms with Crippen LogP contribution in [0.3, 0.4) is 0 Å². The molecule has 22 heavy (non-hydrogen) atoms. The molecule has 1 unspecified atom stereocenters. The largest absolute Gasteiger partial charge is 0.345 e. The second-order valence-electron chi connectivity index (χ2n) is 5.80. The van der Waals surface area contributed by atoms with Crippen LogP contribution >= 0.6 is 11.6 Å². The normalized spacial score (nSPS) is 15.0. The van der Waals surface area contributed by atoms with E-state index < -0.39 is 0 Å². The number of hydrogen-bond donors (Lipinski definition) is 1. The molecule has 0 saturated heterocycles. The van der Waals surface area contributed by atoms with Gasteiger partial charge < -0.3 is 5.32 Å². The fraction of sp³-hybridized carbons (Fsp3) is 0.333. The van der Waals surface area contributed by atoms with E-state index in [9.17, 15) is 4.79 Å². The average Bonchev–Trinajstić information content (AvgIpc) is 2.55. The lowest BCUT2D eigenvalue weighted by molar-refractivity contribution is 0.0939. The van der Waals surface area contributed by atoms with Gasteiger partial charge in [-0.15, -0.1) is 0 Å². The maximum absolute atomic E-state index is 12.2. The quantitative estimate of drug-likeness (QED) is 0.866. The van der Waals surface area contributed by atoms with E-state index in [1.165, 1.54) is 36.6 Å². The molecule has 1 aromatic heterocycles. The Morgan fingerprint density at radius 3 is 2.68 bits per heavy atom. The third kappa shape index (κ3) is 3.30. The Kier molecular flexibility index (Phi) is 4.44. The first-order valence-corrected chi connectivity index (χ1v) is 8.05. The molecule has 0 bridgehead atoms. The molecule has 3 rings (SSSR count). The lowest BCUT2D eigenvalue weighted by Crippen LogP contribution is -2.27. The van der Waals surface area contributed by atoms with Crippen molar-refractivity contribution in [3.05, 3.63) is 63.9 Å². The summed E-state index contributed by atoms with van der Waals surface area (Å²) in [5, 5.41) is 3.40. The maximum Gasteiger partial charge on any atom is 0.253 e. The first kappa shape index (κ1) is 15.0. The van der Waals surface area contributed by atoms with Crippen molar-refractivity contribution in [3.8, 4) is 0 Å². The highest BCUT2D eigenvalue weighted by Gasteiger charge is 2.15. The smallest absolute Gasteiger partial charge is 0.253 e. The number of carbonyl (C=O) groups excluding carboxylic acids is 1. The molecule has 1 heterocycles. The molecule has 1 aliphatic carbocycles. The first-order chi connectivity index (χ1) is 10.6. The minimum atomic E-state index is -0.130. The summed E-state index contributed by atoms with van der Waals surface area (Å²) in [4.78, 5) is 16.2. The number of pyridine rings is 1. The molecule has 0 fully saturated rings. The lowest BCUT2D eigenvalue weighted by Gasteiger charge is -2.20. The third-order valence-electron chi connectivity index (χ3n) is 4.21. The minimum Gasteiger partial charge on any atom is -0.345 e. The number of rotatable bonds is 3. The predicted molar refractivity (Wildman–Crippen MR) is 88.2 cm³/mol. The van der Waals surface area contributed by atoms with Gasteiger partial charge in [-0.1, -0.05) is 29.8 Å². The number of benzene rings is 1. The van der Waals surface area contributed by atoms with Crippen molar-refractivity contribution >= 4 is 17.5 Å². The van der Waals surface area contributed by atoms with Crippen molar-refractivity contribution in [2.24, 2.45) is 0 Å². The highest BCUT2D eigenvalue weighted by Crippen LogP contribution is 2.24. The number of nitrogens with zero attached hydrogens (tertiary/aromatic N) is 1. The molecule has 4 heteroatoms. The van der Waals surface area contributed by atoms with Gasteiger partial charge in [0.1, 0.15) is 5.15 Å². The Bertz CT molecular complexity index is 682. The van der Waals surface area contributed by atoms with Gasteiger partial charge in [0.15, 0.2) is 0 Å². The van der Waals surface area contributed by atoms with Crippen LogP contribution in [0.5, 0.6) is 0 Å². The van der Waals surface area contributed by atoms with E-state index in [2.05, 4.69) is 28.5 Å². The Morgan fingerprint density at radius 1 is 1.18 bits per heavy atom. The summed E-state index contributed by atoms with van der Waals surface area (Å²) in [6.07, 6.45) is 6.35. The van der Waals surface area contributed by atoms with E-state index in [-0.39, 0.29) is 11.9 Å². The van der Waals surface area contributed by atoms with Crippen LogP contribution in [-0.4, -0.2) is 10.9 Å². The van der Waals surface area contributed by atoms with Crippen molar-refractivity contribution in [3.63, 3.8) is 0 Å². The van der Waals surface area contributed by atoms with Crippen LogP contribution in [0.2, 0.25) is 5.15 Å². The molecule has 1 aliphatic rings. The van der Waals surface area contributed by atoms with Gasteiger partial charge in [0.25, 0.3) is 5.91 Å². The number of carbonyl (C=O) groups is 1. The SMILES string of the molecule is CC(NC(=O)c1ccc(Cl)nc1)c1ccc2c(c1)CCCC2. The van der Waals surface area contributed by atoms with E-state index in [1.807, 2.05) is 6.92 Å². The molecular weight excluding hydrogens is 296 g/mol. The van der Waals surface area contributed by atoms with Crippen molar-refractivity contribution in [2.45, 2.75) is 38.6 Å². The summed E-state index contributed by atoms with van der Waals surface area (Å²) in [5.74, 6) is -0.130. The Balaban J connectivity index is 1.72. The zero-order valence-electron chi connectivity index (χ0n) is 12.6. The summed E-state index contributed by atoms with van der Waals surface area (Å²) in [6, 6.07) is 9.84. The predicted octanol–water partition coefficient (Wildman–Crippen LogP) is 4.10. The molecule has 1 N–H and O–H groups in total. The molecule has 114 valence electrons. The molecule has 1 amide bonds. The van der Waals surface area contributed by atoms with E-state index in [1.54, 1.807) is 12.1 Å². The van der Waals surface area contributed by atoms with E-state index >= 15 is 0 Å². The van der Waals surface area contributed by atoms with Gasteiger partial charge in [-0.2, -0.15) is 0 Å². The summed E-state index contributed by atoms with van der Waals surface area (Å²) >= 11 is 5.74. The van der Waals surface area contributed by atoms with Gasteiger partial charge in [0.2, 0.25) is 0 Å². The standard InChI is InChI=1S/C18H19ClN2O/c1-12(21-18(22)16-8-9-17(19)20-11-16)14-7-6-13-4-2-3-5-15(13)10-14/h6-12H,2-5H2,1H3,(H,21,22). The van der Waals surface area contributed by atoms with Crippen LogP contribution in [0.1, 0.15) is 52.9 Å². The van der Waals surface area contributed by atoms with Crippen molar-refractivity contribution < 1.29 is 4.79 Å². The molecule has 0 spiro atoms. The lowest BCUT2D eigenvalue weighted by atomic mass is 9.89. The van der Waals surface area contributed by atoms with Crippen LogP contribution in [-0.2, 0) is 12.8 Å². The van der Waals surface area contributed by atoms with Gasteiger partial charge >= 0.3 is 0 Å². The summed E-state index contributed by atoms with van der Waals surface area (Å²) in [5.41, 5.74) is 4.55. The van der Waals surface area contributed by atoms with Gasteiger partial charge in [-0.05, 0) is 61.4 Å². The highest BCUT2D eigenvalue weighted by molar-refractivity contribution is 6.29. The molecule has 1 atom stereocenters. The van der Waals surface area contributed by atoms with Crippen LogP contribution in [0.4, 0.5) is 0 Å².